The van der Waals surface area contributed by atoms with Crippen LogP contribution in [0.2, 0.25) is 5.02 Å². The molecule has 0 radical (unpaired) electrons. The average Bonchev–Trinajstić information content (AvgIpc) is 3.39. The lowest BCUT2D eigenvalue weighted by Gasteiger charge is -2.12. The van der Waals surface area contributed by atoms with Crippen LogP contribution in [0.15, 0.2) is 64.7 Å². The Bertz CT molecular complexity index is 1100. The van der Waals surface area contributed by atoms with E-state index in [1.165, 1.54) is 6.33 Å². The van der Waals surface area contributed by atoms with E-state index in [0.717, 1.165) is 32.5 Å². The summed E-state index contributed by atoms with van der Waals surface area (Å²) in [6.07, 6.45) is 3.22. The summed E-state index contributed by atoms with van der Waals surface area (Å²) < 4.78 is 10.1. The van der Waals surface area contributed by atoms with Gasteiger partial charge in [0.05, 0.1) is 24.4 Å². The summed E-state index contributed by atoms with van der Waals surface area (Å²) in [4.78, 5) is 3.97. The molecule has 0 fully saturated rings. The van der Waals surface area contributed by atoms with E-state index in [1.807, 2.05) is 47.0 Å². The number of ether oxygens (including phenoxy) is 1. The van der Waals surface area contributed by atoms with Crippen LogP contribution in [0.25, 0.3) is 17.1 Å². The Morgan fingerprint density at radius 2 is 1.97 bits per heavy atom. The molecule has 148 valence electrons. The molecule has 2 heterocycles. The van der Waals surface area contributed by atoms with Gasteiger partial charge in [-0.3, -0.25) is 9.25 Å². The van der Waals surface area contributed by atoms with Gasteiger partial charge in [-0.1, -0.05) is 51.4 Å². The molecule has 2 aromatic heterocycles. The van der Waals surface area contributed by atoms with Gasteiger partial charge in [0.2, 0.25) is 0 Å². The van der Waals surface area contributed by atoms with E-state index in [4.69, 9.17) is 16.3 Å². The minimum Gasteiger partial charge on any atom is -0.495 e. The number of nitrogens with zero attached hydrogens (tertiary/aromatic N) is 6. The highest BCUT2D eigenvalue weighted by Gasteiger charge is 2.17. The fourth-order valence-electron chi connectivity index (χ4n) is 2.76. The average molecular weight is 492 g/mol. The van der Waals surface area contributed by atoms with E-state index in [9.17, 15) is 0 Å². The number of hydrogen-bond acceptors (Lipinski definition) is 6. The van der Waals surface area contributed by atoms with E-state index in [2.05, 4.69) is 36.2 Å². The molecule has 10 heteroatoms. The van der Waals surface area contributed by atoms with Crippen LogP contribution in [0.3, 0.4) is 0 Å². The molecule has 0 aliphatic carbocycles. The SMILES string of the molecule is COc1ccc(-n2c(SCCn3cncn3)nnc2-c2ccc(Br)cc2)cc1Cl. The second kappa shape index (κ2) is 8.98. The number of aryl methyl sites for hydroxylation is 1. The molecule has 0 spiro atoms. The summed E-state index contributed by atoms with van der Waals surface area (Å²) in [5.74, 6) is 2.13. The lowest BCUT2D eigenvalue weighted by Crippen LogP contribution is -2.03. The summed E-state index contributed by atoms with van der Waals surface area (Å²) in [7, 11) is 1.60. The van der Waals surface area contributed by atoms with Gasteiger partial charge in [-0.15, -0.1) is 10.2 Å². The largest absolute Gasteiger partial charge is 0.495 e. The van der Waals surface area contributed by atoms with Gasteiger partial charge in [0.1, 0.15) is 18.4 Å². The maximum absolute atomic E-state index is 6.38. The Labute approximate surface area is 185 Å². The third-order valence-electron chi connectivity index (χ3n) is 4.15. The number of thioether (sulfide) groups is 1. The summed E-state index contributed by atoms with van der Waals surface area (Å²) in [6.45, 7) is 0.717. The van der Waals surface area contributed by atoms with E-state index in [-0.39, 0.29) is 0 Å². The Balaban J connectivity index is 1.71. The monoisotopic (exact) mass is 490 g/mol. The molecule has 2 aromatic carbocycles. The van der Waals surface area contributed by atoms with E-state index in [0.29, 0.717) is 17.3 Å². The van der Waals surface area contributed by atoms with Crippen LogP contribution < -0.4 is 4.74 Å². The minimum absolute atomic E-state index is 0.527. The molecule has 4 rings (SSSR count). The van der Waals surface area contributed by atoms with Crippen molar-refractivity contribution in [3.8, 4) is 22.8 Å². The third-order valence-corrected chi connectivity index (χ3v) is 5.88. The minimum atomic E-state index is 0.527. The number of aromatic nitrogens is 6. The molecule has 0 bridgehead atoms. The maximum atomic E-state index is 6.38. The highest BCUT2D eigenvalue weighted by Crippen LogP contribution is 2.32. The zero-order valence-corrected chi connectivity index (χ0v) is 18.5. The molecule has 0 amide bonds. The summed E-state index contributed by atoms with van der Waals surface area (Å²) in [6, 6.07) is 13.6. The van der Waals surface area contributed by atoms with Gasteiger partial charge < -0.3 is 4.74 Å². The van der Waals surface area contributed by atoms with Crippen LogP contribution >= 0.6 is 39.3 Å². The molecule has 0 aliphatic heterocycles. The van der Waals surface area contributed by atoms with E-state index < -0.39 is 0 Å². The second-order valence-electron chi connectivity index (χ2n) is 5.97. The molecule has 0 atom stereocenters. The first-order valence-electron chi connectivity index (χ1n) is 8.66. The third kappa shape index (κ3) is 4.47. The molecular formula is C19H16BrClN6OS. The van der Waals surface area contributed by atoms with E-state index in [1.54, 1.807) is 29.9 Å². The fraction of sp³-hybridized carbons (Fsp3) is 0.158. The highest BCUT2D eigenvalue weighted by atomic mass is 79.9. The summed E-state index contributed by atoms with van der Waals surface area (Å²) >= 11 is 11.4. The fourth-order valence-corrected chi connectivity index (χ4v) is 4.15. The first-order chi connectivity index (χ1) is 14.2. The maximum Gasteiger partial charge on any atom is 0.196 e. The van der Waals surface area contributed by atoms with Crippen molar-refractivity contribution in [1.82, 2.24) is 29.5 Å². The quantitative estimate of drug-likeness (QED) is 0.348. The highest BCUT2D eigenvalue weighted by molar-refractivity contribution is 9.10. The molecule has 0 aliphatic rings. The van der Waals surface area contributed by atoms with Crippen molar-refractivity contribution in [1.29, 1.82) is 0 Å². The van der Waals surface area contributed by atoms with E-state index >= 15 is 0 Å². The van der Waals surface area contributed by atoms with Crippen LogP contribution in [0.1, 0.15) is 0 Å². The van der Waals surface area contributed by atoms with Crippen LogP contribution in [0.5, 0.6) is 5.75 Å². The molecular weight excluding hydrogens is 476 g/mol. The Kier molecular flexibility index (Phi) is 6.17. The van der Waals surface area contributed by atoms with Gasteiger partial charge in [0, 0.05) is 15.8 Å². The number of halogens is 2. The molecule has 0 N–H and O–H groups in total. The van der Waals surface area contributed by atoms with Crippen molar-refractivity contribution in [3.63, 3.8) is 0 Å². The van der Waals surface area contributed by atoms with Gasteiger partial charge in [-0.05, 0) is 30.3 Å². The molecule has 0 saturated carbocycles. The first kappa shape index (κ1) is 19.9. The normalized spacial score (nSPS) is 11.0. The van der Waals surface area contributed by atoms with Crippen LogP contribution in [0.4, 0.5) is 0 Å². The zero-order valence-electron chi connectivity index (χ0n) is 15.4. The predicted molar refractivity (Wildman–Crippen MR) is 117 cm³/mol. The Morgan fingerprint density at radius 1 is 1.14 bits per heavy atom. The van der Waals surface area contributed by atoms with Crippen LogP contribution in [-0.4, -0.2) is 42.4 Å². The summed E-state index contributed by atoms with van der Waals surface area (Å²) in [5.41, 5.74) is 1.82. The molecule has 29 heavy (non-hydrogen) atoms. The molecule has 0 unspecified atom stereocenters. The molecule has 4 aromatic rings. The predicted octanol–water partition coefficient (Wildman–Crippen LogP) is 4.74. The number of rotatable bonds is 7. The van der Waals surface area contributed by atoms with Gasteiger partial charge >= 0.3 is 0 Å². The second-order valence-corrected chi connectivity index (χ2v) is 8.36. The van der Waals surface area contributed by atoms with Crippen LogP contribution in [-0.2, 0) is 6.54 Å². The smallest absolute Gasteiger partial charge is 0.196 e. The van der Waals surface area contributed by atoms with Crippen molar-refractivity contribution in [3.05, 3.63) is 64.6 Å². The van der Waals surface area contributed by atoms with Gasteiger partial charge in [0.25, 0.3) is 0 Å². The van der Waals surface area contributed by atoms with Crippen LogP contribution in [0, 0.1) is 0 Å². The Morgan fingerprint density at radius 3 is 2.66 bits per heavy atom. The van der Waals surface area contributed by atoms with Gasteiger partial charge in [-0.2, -0.15) is 5.10 Å². The lowest BCUT2D eigenvalue weighted by atomic mass is 10.2. The van der Waals surface area contributed by atoms with Crippen molar-refractivity contribution in [2.45, 2.75) is 11.7 Å². The van der Waals surface area contributed by atoms with Gasteiger partial charge in [-0.25, -0.2) is 4.98 Å². The van der Waals surface area contributed by atoms with Crippen molar-refractivity contribution < 1.29 is 4.74 Å². The zero-order chi connectivity index (χ0) is 20.2. The Hall–Kier alpha value is -2.36. The number of benzene rings is 2. The molecule has 7 nitrogen and oxygen atoms in total. The molecule has 0 saturated heterocycles. The summed E-state index contributed by atoms with van der Waals surface area (Å²) in [5, 5.41) is 14.3. The number of methoxy groups -OCH3 is 1. The first-order valence-corrected chi connectivity index (χ1v) is 10.8. The van der Waals surface area contributed by atoms with Gasteiger partial charge in [0.15, 0.2) is 11.0 Å². The van der Waals surface area contributed by atoms with Crippen molar-refractivity contribution in [2.75, 3.05) is 12.9 Å². The topological polar surface area (TPSA) is 70.7 Å². The van der Waals surface area contributed by atoms with Crippen molar-refractivity contribution >= 4 is 39.3 Å². The number of hydrogen-bond donors (Lipinski definition) is 0. The standard InChI is InChI=1S/C19H16BrClN6OS/c1-28-17-7-6-15(10-16(17)21)27-18(13-2-4-14(20)5-3-13)24-25-19(27)29-9-8-26-12-22-11-23-26/h2-7,10-12H,8-9H2,1H3. The van der Waals surface area contributed by atoms with Crippen molar-refractivity contribution in [2.24, 2.45) is 0 Å². The lowest BCUT2D eigenvalue weighted by molar-refractivity contribution is 0.415.